The van der Waals surface area contributed by atoms with Gasteiger partial charge in [0.05, 0.1) is 15.6 Å². The number of nitrogens with one attached hydrogen (secondary N) is 1. The molecule has 1 aliphatic rings. The van der Waals surface area contributed by atoms with Gasteiger partial charge >= 0.3 is 0 Å². The number of hydrogen-bond acceptors (Lipinski definition) is 3. The third kappa shape index (κ3) is 4.73. The van der Waals surface area contributed by atoms with Crippen molar-refractivity contribution in [2.45, 2.75) is 11.8 Å². The maximum atomic E-state index is 12.8. The van der Waals surface area contributed by atoms with Crippen molar-refractivity contribution in [3.05, 3.63) is 58.1 Å². The van der Waals surface area contributed by atoms with Gasteiger partial charge in [-0.1, -0.05) is 40.9 Å². The molecule has 2 aromatic rings. The Morgan fingerprint density at radius 3 is 2.26 bits per heavy atom. The molecule has 0 spiro atoms. The molecule has 0 unspecified atom stereocenters. The van der Waals surface area contributed by atoms with Gasteiger partial charge in [-0.15, -0.1) is 0 Å². The van der Waals surface area contributed by atoms with E-state index in [1.54, 1.807) is 42.5 Å². The molecule has 0 aliphatic carbocycles. The minimum absolute atomic E-state index is 0.315. The van der Waals surface area contributed by atoms with E-state index >= 15 is 0 Å². The Bertz CT molecular complexity index is 942. The van der Waals surface area contributed by atoms with Crippen LogP contribution in [0.3, 0.4) is 0 Å². The fraction of sp³-hybridized carbons (Fsp3) is 0.278. The first kappa shape index (κ1) is 20.4. The number of benzene rings is 2. The summed E-state index contributed by atoms with van der Waals surface area (Å²) in [4.78, 5) is 2.25. The molecule has 0 aromatic heterocycles. The number of anilines is 1. The molecule has 2 aromatic carbocycles. The van der Waals surface area contributed by atoms with Crippen molar-refractivity contribution < 1.29 is 8.42 Å². The van der Waals surface area contributed by atoms with Crippen LogP contribution in [-0.4, -0.2) is 48.9 Å². The molecule has 0 saturated carbocycles. The number of thiocarbonyl (C=S) groups is 1. The molecular formula is C18H19Cl2N3O2S2. The number of halogens is 2. The monoisotopic (exact) mass is 443 g/mol. The van der Waals surface area contributed by atoms with Crippen molar-refractivity contribution in [2.75, 3.05) is 31.5 Å². The van der Waals surface area contributed by atoms with Crippen molar-refractivity contribution in [1.82, 2.24) is 9.21 Å². The van der Waals surface area contributed by atoms with Crippen LogP contribution in [0.15, 0.2) is 47.4 Å². The van der Waals surface area contributed by atoms with E-state index in [1.165, 1.54) is 4.31 Å². The Hall–Kier alpha value is -1.38. The molecule has 1 N–H and O–H groups in total. The quantitative estimate of drug-likeness (QED) is 0.726. The first-order valence-electron chi connectivity index (χ1n) is 8.35. The lowest BCUT2D eigenvalue weighted by Crippen LogP contribution is -2.51. The van der Waals surface area contributed by atoms with Crippen molar-refractivity contribution in [1.29, 1.82) is 0 Å². The third-order valence-electron chi connectivity index (χ3n) is 4.36. The Labute approximate surface area is 174 Å². The molecular weight excluding hydrogens is 425 g/mol. The van der Waals surface area contributed by atoms with Crippen LogP contribution in [0.4, 0.5) is 5.69 Å². The number of aryl methyl sites for hydroxylation is 1. The van der Waals surface area contributed by atoms with Crippen LogP contribution in [0.5, 0.6) is 0 Å². The number of piperazine rings is 1. The average molecular weight is 444 g/mol. The summed E-state index contributed by atoms with van der Waals surface area (Å²) in [5.41, 5.74) is 1.69. The number of rotatable bonds is 3. The van der Waals surface area contributed by atoms with Crippen LogP contribution in [0.2, 0.25) is 10.0 Å². The summed E-state index contributed by atoms with van der Waals surface area (Å²) in [6, 6.07) is 12.0. The van der Waals surface area contributed by atoms with Crippen LogP contribution >= 0.6 is 35.4 Å². The van der Waals surface area contributed by atoms with Gasteiger partial charge in [-0.25, -0.2) is 8.42 Å². The van der Waals surface area contributed by atoms with E-state index in [9.17, 15) is 8.42 Å². The third-order valence-corrected chi connectivity index (χ3v) is 7.18. The van der Waals surface area contributed by atoms with Crippen molar-refractivity contribution in [3.63, 3.8) is 0 Å². The Morgan fingerprint density at radius 1 is 1.04 bits per heavy atom. The highest BCUT2D eigenvalue weighted by Gasteiger charge is 2.29. The molecule has 5 nitrogen and oxygen atoms in total. The lowest BCUT2D eigenvalue weighted by atomic mass is 10.2. The maximum Gasteiger partial charge on any atom is 0.243 e. The second-order valence-electron chi connectivity index (χ2n) is 6.26. The van der Waals surface area contributed by atoms with Crippen molar-refractivity contribution in [2.24, 2.45) is 0 Å². The first-order chi connectivity index (χ1) is 12.8. The van der Waals surface area contributed by atoms with Gasteiger partial charge in [-0.2, -0.15) is 4.31 Å². The number of hydrogen-bond donors (Lipinski definition) is 1. The van der Waals surface area contributed by atoms with Gasteiger partial charge in [0.15, 0.2) is 5.11 Å². The molecule has 3 rings (SSSR count). The molecule has 0 bridgehead atoms. The molecule has 1 aliphatic heterocycles. The van der Waals surface area contributed by atoms with Crippen LogP contribution in [0.1, 0.15) is 5.56 Å². The van der Waals surface area contributed by atoms with Gasteiger partial charge in [0, 0.05) is 31.2 Å². The van der Waals surface area contributed by atoms with E-state index in [1.807, 2.05) is 11.8 Å². The van der Waals surface area contributed by atoms with Crippen LogP contribution in [0, 0.1) is 6.92 Å². The fourth-order valence-corrected chi connectivity index (χ4v) is 4.95. The summed E-state index contributed by atoms with van der Waals surface area (Å²) in [6.45, 7) is 3.67. The van der Waals surface area contributed by atoms with E-state index in [4.69, 9.17) is 35.4 Å². The summed E-state index contributed by atoms with van der Waals surface area (Å²) < 4.78 is 27.0. The topological polar surface area (TPSA) is 52.7 Å². The molecule has 144 valence electrons. The molecule has 1 heterocycles. The molecule has 0 radical (unpaired) electrons. The van der Waals surface area contributed by atoms with Crippen LogP contribution < -0.4 is 5.32 Å². The van der Waals surface area contributed by atoms with Crippen LogP contribution in [0.25, 0.3) is 0 Å². The minimum Gasteiger partial charge on any atom is -0.346 e. The summed E-state index contributed by atoms with van der Waals surface area (Å²) >= 11 is 17.5. The van der Waals surface area contributed by atoms with Gasteiger partial charge < -0.3 is 10.2 Å². The molecule has 1 saturated heterocycles. The largest absolute Gasteiger partial charge is 0.346 e. The molecule has 27 heavy (non-hydrogen) atoms. The fourth-order valence-electron chi connectivity index (χ4n) is 2.78. The predicted octanol–water partition coefficient (Wildman–Crippen LogP) is 4.01. The molecule has 0 amide bonds. The summed E-state index contributed by atoms with van der Waals surface area (Å²) in [7, 11) is -3.49. The van der Waals surface area contributed by atoms with E-state index < -0.39 is 10.0 Å². The van der Waals surface area contributed by atoms with E-state index in [-0.39, 0.29) is 0 Å². The standard InChI is InChI=1S/C18H19Cl2N3O2S2/c1-13-2-5-15(6-3-13)27(24,25)23-10-8-22(9-11-23)18(26)21-17-7-4-14(19)12-16(17)20/h2-7,12H,8-11H2,1H3,(H,21,26). The first-order valence-corrected chi connectivity index (χ1v) is 11.0. The van der Waals surface area contributed by atoms with Crippen LogP contribution in [-0.2, 0) is 10.0 Å². The predicted molar refractivity (Wildman–Crippen MR) is 114 cm³/mol. The zero-order valence-electron chi connectivity index (χ0n) is 14.7. The summed E-state index contributed by atoms with van der Waals surface area (Å²) in [6.07, 6.45) is 0. The highest BCUT2D eigenvalue weighted by atomic mass is 35.5. The highest BCUT2D eigenvalue weighted by Crippen LogP contribution is 2.26. The van der Waals surface area contributed by atoms with Gasteiger partial charge in [-0.05, 0) is 49.5 Å². The lowest BCUT2D eigenvalue weighted by molar-refractivity contribution is 0.268. The molecule has 1 fully saturated rings. The zero-order chi connectivity index (χ0) is 19.6. The highest BCUT2D eigenvalue weighted by molar-refractivity contribution is 7.89. The summed E-state index contributed by atoms with van der Waals surface area (Å²) in [5, 5.41) is 4.63. The van der Waals surface area contributed by atoms with Gasteiger partial charge in [0.25, 0.3) is 0 Å². The zero-order valence-corrected chi connectivity index (χ0v) is 17.8. The van der Waals surface area contributed by atoms with Gasteiger partial charge in [-0.3, -0.25) is 0 Å². The molecule has 0 atom stereocenters. The second-order valence-corrected chi connectivity index (χ2v) is 9.43. The number of sulfonamides is 1. The van der Waals surface area contributed by atoms with Crippen molar-refractivity contribution in [3.8, 4) is 0 Å². The minimum atomic E-state index is -3.49. The number of nitrogens with zero attached hydrogens (tertiary/aromatic N) is 2. The second kappa shape index (κ2) is 8.32. The van der Waals surface area contributed by atoms with Crippen molar-refractivity contribution >= 4 is 56.2 Å². The Balaban J connectivity index is 1.62. The van der Waals surface area contributed by atoms with E-state index in [0.29, 0.717) is 51.9 Å². The maximum absolute atomic E-state index is 12.8. The SMILES string of the molecule is Cc1ccc(S(=O)(=O)N2CCN(C(=S)Nc3ccc(Cl)cc3Cl)CC2)cc1. The van der Waals surface area contributed by atoms with Gasteiger partial charge in [0.2, 0.25) is 10.0 Å². The van der Waals surface area contributed by atoms with E-state index in [0.717, 1.165) is 5.56 Å². The lowest BCUT2D eigenvalue weighted by Gasteiger charge is -2.35. The normalized spacial score (nSPS) is 15.6. The average Bonchev–Trinajstić information content (AvgIpc) is 2.64. The Morgan fingerprint density at radius 2 is 1.67 bits per heavy atom. The molecule has 9 heteroatoms. The van der Waals surface area contributed by atoms with E-state index in [2.05, 4.69) is 5.32 Å². The van der Waals surface area contributed by atoms with Gasteiger partial charge in [0.1, 0.15) is 0 Å². The smallest absolute Gasteiger partial charge is 0.243 e. The summed E-state index contributed by atoms with van der Waals surface area (Å²) in [5.74, 6) is 0. The Kier molecular flexibility index (Phi) is 6.28.